The maximum Gasteiger partial charge on any atom is 0.335 e. The number of carboxylic acid groups (broad SMARTS) is 1. The van der Waals surface area contributed by atoms with Gasteiger partial charge in [-0.3, -0.25) is 0 Å². The van der Waals surface area contributed by atoms with E-state index in [4.69, 9.17) is 10.2 Å². The highest BCUT2D eigenvalue weighted by Gasteiger charge is 2.05. The number of aryl methyl sites for hydroxylation is 1. The van der Waals surface area contributed by atoms with Gasteiger partial charge in [-0.15, -0.1) is 0 Å². The molecule has 1 rings (SSSR count). The van der Waals surface area contributed by atoms with Crippen LogP contribution in [0.5, 0.6) is 0 Å². The standard InChI is InChI=1S/C11H12N2O3/c1-8-6-9(11(15)16)7-10(13-8)12-4-2-3-5-14/h6-7,14H,4-5H2,1H3,(H,12,13)(H,15,16). The van der Waals surface area contributed by atoms with E-state index >= 15 is 0 Å². The third kappa shape index (κ3) is 3.59. The summed E-state index contributed by atoms with van der Waals surface area (Å²) in [5.74, 6) is 4.59. The molecule has 1 aromatic heterocycles. The number of nitrogens with zero attached hydrogens (tertiary/aromatic N) is 1. The van der Waals surface area contributed by atoms with Crippen LogP contribution in [0.1, 0.15) is 16.1 Å². The first-order chi connectivity index (χ1) is 7.63. The highest BCUT2D eigenvalue weighted by molar-refractivity contribution is 5.88. The molecule has 0 aromatic carbocycles. The zero-order chi connectivity index (χ0) is 12.0. The smallest absolute Gasteiger partial charge is 0.335 e. The van der Waals surface area contributed by atoms with Crippen molar-refractivity contribution in [3.63, 3.8) is 0 Å². The van der Waals surface area contributed by atoms with Crippen molar-refractivity contribution < 1.29 is 15.0 Å². The molecule has 84 valence electrons. The fourth-order valence-corrected chi connectivity index (χ4v) is 1.14. The number of aromatic nitrogens is 1. The summed E-state index contributed by atoms with van der Waals surface area (Å²) in [6, 6.07) is 2.93. The van der Waals surface area contributed by atoms with Gasteiger partial charge in [-0.25, -0.2) is 9.78 Å². The molecule has 1 aromatic rings. The van der Waals surface area contributed by atoms with E-state index < -0.39 is 5.97 Å². The fraction of sp³-hybridized carbons (Fsp3) is 0.273. The van der Waals surface area contributed by atoms with Gasteiger partial charge in [-0.2, -0.15) is 0 Å². The van der Waals surface area contributed by atoms with Crippen LogP contribution in [0.3, 0.4) is 0 Å². The number of rotatable bonds is 3. The highest BCUT2D eigenvalue weighted by atomic mass is 16.4. The predicted molar refractivity (Wildman–Crippen MR) is 59.3 cm³/mol. The van der Waals surface area contributed by atoms with Gasteiger partial charge in [0, 0.05) is 5.69 Å². The Bertz CT molecular complexity index is 446. The molecule has 5 heteroatoms. The van der Waals surface area contributed by atoms with Gasteiger partial charge in [-0.1, -0.05) is 11.8 Å². The summed E-state index contributed by atoms with van der Waals surface area (Å²) in [7, 11) is 0. The number of aromatic carboxylic acids is 1. The number of aliphatic hydroxyl groups excluding tert-OH is 1. The minimum Gasteiger partial charge on any atom is -0.478 e. The SMILES string of the molecule is Cc1cc(C(=O)O)cc(NCC#CCO)n1. The molecule has 0 spiro atoms. The van der Waals surface area contributed by atoms with Crippen molar-refractivity contribution in [2.45, 2.75) is 6.92 Å². The summed E-state index contributed by atoms with van der Waals surface area (Å²) >= 11 is 0. The van der Waals surface area contributed by atoms with E-state index in [2.05, 4.69) is 22.1 Å². The zero-order valence-electron chi connectivity index (χ0n) is 8.82. The molecule has 16 heavy (non-hydrogen) atoms. The Kier molecular flexibility index (Phi) is 4.30. The van der Waals surface area contributed by atoms with Crippen LogP contribution >= 0.6 is 0 Å². The van der Waals surface area contributed by atoms with E-state index in [1.807, 2.05) is 0 Å². The molecule has 0 atom stereocenters. The van der Waals surface area contributed by atoms with Crippen LogP contribution in [0.15, 0.2) is 12.1 Å². The molecule has 0 aliphatic heterocycles. The van der Waals surface area contributed by atoms with Crippen LogP contribution in [-0.4, -0.2) is 34.3 Å². The van der Waals surface area contributed by atoms with Gasteiger partial charge in [0.1, 0.15) is 12.4 Å². The Morgan fingerprint density at radius 1 is 1.50 bits per heavy atom. The number of hydrogen-bond donors (Lipinski definition) is 3. The number of aliphatic hydroxyl groups is 1. The van der Waals surface area contributed by atoms with Gasteiger partial charge in [-0.05, 0) is 19.1 Å². The van der Waals surface area contributed by atoms with Crippen LogP contribution in [-0.2, 0) is 0 Å². The second-order valence-corrected chi connectivity index (χ2v) is 3.05. The molecule has 0 bridgehead atoms. The molecule has 0 saturated heterocycles. The highest BCUT2D eigenvalue weighted by Crippen LogP contribution is 2.09. The summed E-state index contributed by atoms with van der Waals surface area (Å²) in [4.78, 5) is 14.9. The van der Waals surface area contributed by atoms with E-state index in [1.165, 1.54) is 12.1 Å². The Balaban J connectivity index is 2.76. The molecule has 5 nitrogen and oxygen atoms in total. The summed E-state index contributed by atoms with van der Waals surface area (Å²) < 4.78 is 0. The number of hydrogen-bond acceptors (Lipinski definition) is 4. The molecule has 0 aliphatic carbocycles. The molecule has 1 heterocycles. The first-order valence-corrected chi connectivity index (χ1v) is 4.66. The summed E-state index contributed by atoms with van der Waals surface area (Å²) in [5.41, 5.74) is 0.808. The molecule has 0 aliphatic rings. The Morgan fingerprint density at radius 3 is 2.88 bits per heavy atom. The number of anilines is 1. The molecule has 0 saturated carbocycles. The van der Waals surface area contributed by atoms with Crippen molar-refractivity contribution in [2.24, 2.45) is 0 Å². The van der Waals surface area contributed by atoms with Crippen LogP contribution in [0.25, 0.3) is 0 Å². The second kappa shape index (κ2) is 5.73. The molecule has 0 amide bonds. The lowest BCUT2D eigenvalue weighted by molar-refractivity contribution is 0.0696. The van der Waals surface area contributed by atoms with Crippen molar-refractivity contribution in [2.75, 3.05) is 18.5 Å². The van der Waals surface area contributed by atoms with E-state index in [1.54, 1.807) is 6.92 Å². The van der Waals surface area contributed by atoms with Gasteiger partial charge in [0.15, 0.2) is 0 Å². The largest absolute Gasteiger partial charge is 0.478 e. The molecule has 3 N–H and O–H groups in total. The van der Waals surface area contributed by atoms with Crippen molar-refractivity contribution in [3.8, 4) is 11.8 Å². The van der Waals surface area contributed by atoms with Gasteiger partial charge < -0.3 is 15.5 Å². The summed E-state index contributed by atoms with van der Waals surface area (Å²) in [5, 5.41) is 20.1. The summed E-state index contributed by atoms with van der Waals surface area (Å²) in [6.45, 7) is 1.84. The van der Waals surface area contributed by atoms with Crippen molar-refractivity contribution in [1.29, 1.82) is 0 Å². The monoisotopic (exact) mass is 220 g/mol. The average Bonchev–Trinajstić information content (AvgIpc) is 2.23. The van der Waals surface area contributed by atoms with Crippen LogP contribution in [0.2, 0.25) is 0 Å². The zero-order valence-corrected chi connectivity index (χ0v) is 8.82. The lowest BCUT2D eigenvalue weighted by Crippen LogP contribution is -2.05. The number of pyridine rings is 1. The maximum atomic E-state index is 10.8. The Hall–Kier alpha value is -2.06. The Morgan fingerprint density at radius 2 is 2.25 bits per heavy atom. The van der Waals surface area contributed by atoms with Gasteiger partial charge in [0.25, 0.3) is 0 Å². The van der Waals surface area contributed by atoms with Crippen LogP contribution < -0.4 is 5.32 Å². The number of nitrogens with one attached hydrogen (secondary N) is 1. The van der Waals surface area contributed by atoms with E-state index in [-0.39, 0.29) is 12.2 Å². The maximum absolute atomic E-state index is 10.8. The number of carboxylic acids is 1. The van der Waals surface area contributed by atoms with Crippen LogP contribution in [0.4, 0.5) is 5.82 Å². The second-order valence-electron chi connectivity index (χ2n) is 3.05. The van der Waals surface area contributed by atoms with Gasteiger partial charge in [0.05, 0.1) is 12.1 Å². The quantitative estimate of drug-likeness (QED) is 0.646. The fourth-order valence-electron chi connectivity index (χ4n) is 1.14. The lowest BCUT2D eigenvalue weighted by atomic mass is 10.2. The minimum atomic E-state index is -0.991. The van der Waals surface area contributed by atoms with E-state index in [0.29, 0.717) is 18.1 Å². The first kappa shape index (κ1) is 12.0. The average molecular weight is 220 g/mol. The van der Waals surface area contributed by atoms with E-state index in [9.17, 15) is 4.79 Å². The molecule has 0 unspecified atom stereocenters. The lowest BCUT2D eigenvalue weighted by Gasteiger charge is -2.04. The normalized spacial score (nSPS) is 9.12. The van der Waals surface area contributed by atoms with Gasteiger partial charge >= 0.3 is 5.97 Å². The third-order valence-corrected chi connectivity index (χ3v) is 1.76. The molecule has 0 fully saturated rings. The van der Waals surface area contributed by atoms with E-state index in [0.717, 1.165) is 0 Å². The predicted octanol–water partition coefficient (Wildman–Crippen LogP) is 0.496. The van der Waals surface area contributed by atoms with Crippen molar-refractivity contribution >= 4 is 11.8 Å². The molecular weight excluding hydrogens is 208 g/mol. The van der Waals surface area contributed by atoms with Crippen LogP contribution in [0, 0.1) is 18.8 Å². The molecule has 0 radical (unpaired) electrons. The van der Waals surface area contributed by atoms with Crippen molar-refractivity contribution in [3.05, 3.63) is 23.4 Å². The first-order valence-electron chi connectivity index (χ1n) is 4.66. The minimum absolute atomic E-state index is 0.185. The summed E-state index contributed by atoms with van der Waals surface area (Å²) in [6.07, 6.45) is 0. The topological polar surface area (TPSA) is 82.5 Å². The number of carbonyl (C=O) groups is 1. The Labute approximate surface area is 93.1 Å². The van der Waals surface area contributed by atoms with Gasteiger partial charge in [0.2, 0.25) is 0 Å². The van der Waals surface area contributed by atoms with Crippen molar-refractivity contribution in [1.82, 2.24) is 4.98 Å². The third-order valence-electron chi connectivity index (χ3n) is 1.76. The molecular formula is C11H12N2O3.